The van der Waals surface area contributed by atoms with E-state index in [1.165, 1.54) is 30.1 Å². The number of amides is 1. The highest BCUT2D eigenvalue weighted by atomic mass is 35.5. The van der Waals surface area contributed by atoms with Crippen molar-refractivity contribution in [1.29, 1.82) is 5.26 Å². The molecule has 200 valence electrons. The van der Waals surface area contributed by atoms with Crippen molar-refractivity contribution in [3.05, 3.63) is 73.5 Å². The smallest absolute Gasteiger partial charge is 0.416 e. The van der Waals surface area contributed by atoms with Crippen LogP contribution in [0, 0.1) is 11.3 Å². The number of nitriles is 1. The van der Waals surface area contributed by atoms with Gasteiger partial charge < -0.3 is 19.7 Å². The van der Waals surface area contributed by atoms with Gasteiger partial charge in [0.25, 0.3) is 5.56 Å². The predicted molar refractivity (Wildman–Crippen MR) is 137 cm³/mol. The minimum atomic E-state index is -4.69. The van der Waals surface area contributed by atoms with Crippen molar-refractivity contribution in [1.82, 2.24) is 9.88 Å². The normalized spacial score (nSPS) is 11.3. The molecule has 2 N–H and O–H groups in total. The summed E-state index contributed by atoms with van der Waals surface area (Å²) in [5, 5.41) is 20.6. The molecule has 3 aromatic rings. The Bertz CT molecular complexity index is 1470. The number of benzene rings is 2. The average molecular weight is 568 g/mol. The van der Waals surface area contributed by atoms with Crippen molar-refractivity contribution in [2.24, 2.45) is 0 Å². The van der Waals surface area contributed by atoms with Gasteiger partial charge in [-0.1, -0.05) is 23.2 Å². The summed E-state index contributed by atoms with van der Waals surface area (Å²) in [4.78, 5) is 29.0. The molecule has 0 bridgehead atoms. The largest absolute Gasteiger partial charge is 0.507 e. The Morgan fingerprint density at radius 3 is 2.50 bits per heavy atom. The highest BCUT2D eigenvalue weighted by molar-refractivity contribution is 6.33. The molecule has 1 heterocycles. The van der Waals surface area contributed by atoms with Crippen LogP contribution in [0.25, 0.3) is 22.4 Å². The van der Waals surface area contributed by atoms with E-state index in [-0.39, 0.29) is 69.2 Å². The second-order valence-corrected chi connectivity index (χ2v) is 9.11. The number of phenolic OH excluding ortho intramolecular Hbond substituents is 1. The second kappa shape index (κ2) is 11.9. The molecule has 12 heteroatoms. The minimum Gasteiger partial charge on any atom is -0.507 e. The number of alkyl halides is 3. The van der Waals surface area contributed by atoms with E-state index >= 15 is 0 Å². The van der Waals surface area contributed by atoms with Gasteiger partial charge in [0.1, 0.15) is 17.4 Å². The molecule has 0 unspecified atom stereocenters. The van der Waals surface area contributed by atoms with E-state index in [0.717, 1.165) is 18.2 Å². The molecule has 0 spiro atoms. The van der Waals surface area contributed by atoms with Crippen LogP contribution in [0.3, 0.4) is 0 Å². The lowest BCUT2D eigenvalue weighted by Gasteiger charge is -2.20. The lowest BCUT2D eigenvalue weighted by atomic mass is 9.96. The van der Waals surface area contributed by atoms with E-state index in [0.29, 0.717) is 6.61 Å². The monoisotopic (exact) mass is 567 g/mol. The highest BCUT2D eigenvalue weighted by Crippen LogP contribution is 2.39. The van der Waals surface area contributed by atoms with E-state index < -0.39 is 22.9 Å². The van der Waals surface area contributed by atoms with Crippen LogP contribution >= 0.6 is 23.2 Å². The van der Waals surface area contributed by atoms with Crippen molar-refractivity contribution < 1.29 is 27.8 Å². The number of phenols is 1. The zero-order valence-electron chi connectivity index (χ0n) is 20.2. The summed E-state index contributed by atoms with van der Waals surface area (Å²) in [6, 6.07) is 8.27. The van der Waals surface area contributed by atoms with Crippen LogP contribution in [0.15, 0.2) is 41.2 Å². The summed E-state index contributed by atoms with van der Waals surface area (Å²) >= 11 is 12.4. The summed E-state index contributed by atoms with van der Waals surface area (Å²) in [7, 11) is 1.53. The van der Waals surface area contributed by atoms with E-state index in [4.69, 9.17) is 27.9 Å². The molecule has 38 heavy (non-hydrogen) atoms. The van der Waals surface area contributed by atoms with Crippen LogP contribution in [0.2, 0.25) is 10.0 Å². The van der Waals surface area contributed by atoms with Gasteiger partial charge in [0.15, 0.2) is 0 Å². The number of aromatic nitrogens is 1. The lowest BCUT2D eigenvalue weighted by molar-refractivity contribution is -0.137. The third kappa shape index (κ3) is 6.48. The molecule has 0 aliphatic carbocycles. The van der Waals surface area contributed by atoms with Crippen molar-refractivity contribution in [3.8, 4) is 34.2 Å². The summed E-state index contributed by atoms with van der Waals surface area (Å²) in [6.07, 6.45) is -4.56. The van der Waals surface area contributed by atoms with Crippen LogP contribution in [0.4, 0.5) is 13.2 Å². The van der Waals surface area contributed by atoms with Crippen molar-refractivity contribution in [2.45, 2.75) is 26.1 Å². The Labute approximate surface area is 226 Å². The number of ether oxygens (including phenoxy) is 1. The molecule has 0 saturated carbocycles. The standard InChI is InChI=1S/C26H22Cl2F3N3O4/c1-3-38-7-6-23(35)34(2)13-14-8-16(27)10-19(24(14)36)22-11-17(20(12-32)25(37)33-22)18-9-15(26(29,30)31)4-5-21(18)28/h4-5,8-11,36H,3,6-7,13H2,1-2H3,(H,33,37). The van der Waals surface area contributed by atoms with Gasteiger partial charge in [-0.25, -0.2) is 0 Å². The lowest BCUT2D eigenvalue weighted by Crippen LogP contribution is -2.27. The molecule has 0 atom stereocenters. The number of nitrogens with one attached hydrogen (secondary N) is 1. The van der Waals surface area contributed by atoms with Crippen molar-refractivity contribution in [3.63, 3.8) is 0 Å². The fraction of sp³-hybridized carbons (Fsp3) is 0.269. The van der Waals surface area contributed by atoms with E-state index in [1.807, 2.05) is 0 Å². The number of halogens is 5. The third-order valence-electron chi connectivity index (χ3n) is 5.67. The maximum Gasteiger partial charge on any atom is 0.416 e. The Balaban J connectivity index is 2.12. The van der Waals surface area contributed by atoms with Crippen LogP contribution in [0.5, 0.6) is 5.75 Å². The van der Waals surface area contributed by atoms with E-state index in [1.54, 1.807) is 13.0 Å². The predicted octanol–water partition coefficient (Wildman–Crippen LogP) is 6.00. The summed E-state index contributed by atoms with van der Waals surface area (Å²) in [5.74, 6) is -0.562. The van der Waals surface area contributed by atoms with Gasteiger partial charge >= 0.3 is 6.18 Å². The number of hydrogen-bond donors (Lipinski definition) is 2. The highest BCUT2D eigenvalue weighted by Gasteiger charge is 2.31. The first-order chi connectivity index (χ1) is 17.9. The summed E-state index contributed by atoms with van der Waals surface area (Å²) < 4.78 is 45.2. The minimum absolute atomic E-state index is 0.0240. The van der Waals surface area contributed by atoms with Crippen molar-refractivity contribution in [2.75, 3.05) is 20.3 Å². The molecule has 1 aromatic heterocycles. The number of hydrogen-bond acceptors (Lipinski definition) is 5. The summed E-state index contributed by atoms with van der Waals surface area (Å²) in [5.41, 5.74) is -2.47. The molecule has 3 rings (SSSR count). The molecule has 0 aliphatic rings. The number of aromatic hydroxyl groups is 1. The fourth-order valence-electron chi connectivity index (χ4n) is 3.76. The van der Waals surface area contributed by atoms with Crippen LogP contribution < -0.4 is 5.56 Å². The van der Waals surface area contributed by atoms with E-state index in [2.05, 4.69) is 4.98 Å². The second-order valence-electron chi connectivity index (χ2n) is 8.26. The van der Waals surface area contributed by atoms with Gasteiger partial charge in [0, 0.05) is 52.5 Å². The number of pyridine rings is 1. The SMILES string of the molecule is CCOCCC(=O)N(C)Cc1cc(Cl)cc(-c2cc(-c3cc(C(F)(F)F)ccc3Cl)c(C#N)c(=O)[nH]2)c1O. The van der Waals surface area contributed by atoms with Gasteiger partial charge in [0.2, 0.25) is 5.91 Å². The molecule has 0 aliphatic heterocycles. The molecule has 0 fully saturated rings. The first kappa shape index (κ1) is 29.0. The Hall–Kier alpha value is -3.52. The van der Waals surface area contributed by atoms with E-state index in [9.17, 15) is 33.1 Å². The molecular formula is C26H22Cl2F3N3O4. The number of rotatable bonds is 8. The zero-order valence-corrected chi connectivity index (χ0v) is 21.8. The molecule has 2 aromatic carbocycles. The summed E-state index contributed by atoms with van der Waals surface area (Å²) in [6.45, 7) is 2.47. The Morgan fingerprint density at radius 1 is 1.16 bits per heavy atom. The zero-order chi connectivity index (χ0) is 28.2. The number of nitrogens with zero attached hydrogens (tertiary/aromatic N) is 2. The van der Waals surface area contributed by atoms with Crippen LogP contribution in [-0.4, -0.2) is 41.2 Å². The number of carbonyl (C=O) groups excluding carboxylic acids is 1. The maximum absolute atomic E-state index is 13.4. The number of H-pyrrole nitrogens is 1. The molecule has 0 radical (unpaired) electrons. The number of carbonyl (C=O) groups is 1. The fourth-order valence-corrected chi connectivity index (χ4v) is 4.22. The Morgan fingerprint density at radius 2 is 1.87 bits per heavy atom. The molecule has 0 saturated heterocycles. The molecule has 7 nitrogen and oxygen atoms in total. The van der Waals surface area contributed by atoms with Gasteiger partial charge in [-0.2, -0.15) is 18.4 Å². The first-order valence-electron chi connectivity index (χ1n) is 11.2. The van der Waals surface area contributed by atoms with Gasteiger partial charge in [-0.3, -0.25) is 9.59 Å². The topological polar surface area (TPSA) is 106 Å². The van der Waals surface area contributed by atoms with Gasteiger partial charge in [-0.05, 0) is 43.3 Å². The Kier molecular flexibility index (Phi) is 9.09. The van der Waals surface area contributed by atoms with Crippen molar-refractivity contribution >= 4 is 29.1 Å². The number of aromatic amines is 1. The van der Waals surface area contributed by atoms with Crippen LogP contribution in [-0.2, 0) is 22.3 Å². The maximum atomic E-state index is 13.4. The third-order valence-corrected chi connectivity index (χ3v) is 6.22. The van der Waals surface area contributed by atoms with Gasteiger partial charge in [0.05, 0.1) is 24.3 Å². The van der Waals surface area contributed by atoms with Crippen LogP contribution in [0.1, 0.15) is 30.0 Å². The van der Waals surface area contributed by atoms with Gasteiger partial charge in [-0.15, -0.1) is 0 Å². The molecular weight excluding hydrogens is 546 g/mol. The quantitative estimate of drug-likeness (QED) is 0.325. The first-order valence-corrected chi connectivity index (χ1v) is 12.0. The molecule has 1 amide bonds. The average Bonchev–Trinajstić information content (AvgIpc) is 2.85.